The maximum absolute atomic E-state index is 13.8. The number of carbonyl (C=O) groups is 3. The first-order chi connectivity index (χ1) is 14.8. The van der Waals surface area contributed by atoms with E-state index in [2.05, 4.69) is 26.6 Å². The summed E-state index contributed by atoms with van der Waals surface area (Å²) in [5, 5.41) is 15.9. The monoisotopic (exact) mass is 493 g/mol. The number of fused-ring (bicyclic) bond motifs is 1. The van der Waals surface area contributed by atoms with Crippen LogP contribution in [0.2, 0.25) is 0 Å². The Hall–Kier alpha value is -1.97. The van der Waals surface area contributed by atoms with E-state index in [1.807, 2.05) is 44.2 Å². The number of aliphatic hydroxyl groups is 1. The van der Waals surface area contributed by atoms with Gasteiger partial charge >= 0.3 is 0 Å². The van der Waals surface area contributed by atoms with Crippen LogP contribution in [0.5, 0.6) is 0 Å². The zero-order valence-electron chi connectivity index (χ0n) is 17.7. The van der Waals surface area contributed by atoms with E-state index in [1.165, 1.54) is 11.9 Å². The van der Waals surface area contributed by atoms with Crippen molar-refractivity contribution in [3.63, 3.8) is 0 Å². The number of benzene rings is 1. The van der Waals surface area contributed by atoms with Crippen LogP contribution in [0, 0.1) is 11.8 Å². The lowest BCUT2D eigenvalue weighted by atomic mass is 9.70. The van der Waals surface area contributed by atoms with Crippen molar-refractivity contribution >= 4 is 33.7 Å². The molecule has 1 spiro atoms. The second-order valence-corrected chi connectivity index (χ2v) is 9.97. The molecule has 0 aliphatic carbocycles. The Bertz CT molecular complexity index is 881. The second-order valence-electron chi connectivity index (χ2n) is 8.80. The lowest BCUT2D eigenvalue weighted by Crippen LogP contribution is -2.57. The van der Waals surface area contributed by atoms with E-state index in [9.17, 15) is 19.5 Å². The first-order valence-corrected chi connectivity index (χ1v) is 11.5. The number of ether oxygens (including phenoxy) is 1. The second kappa shape index (κ2) is 8.18. The van der Waals surface area contributed by atoms with Crippen molar-refractivity contribution in [3.05, 3.63) is 35.9 Å². The summed E-state index contributed by atoms with van der Waals surface area (Å²) in [6.45, 7) is 3.35. The first kappa shape index (κ1) is 22.2. The zero-order chi connectivity index (χ0) is 22.5. The van der Waals surface area contributed by atoms with Gasteiger partial charge in [-0.25, -0.2) is 0 Å². The highest BCUT2D eigenvalue weighted by molar-refractivity contribution is 9.09. The van der Waals surface area contributed by atoms with E-state index in [0.717, 1.165) is 5.56 Å². The minimum Gasteiger partial charge on any atom is -0.394 e. The summed E-state index contributed by atoms with van der Waals surface area (Å²) < 4.78 is 6.37. The van der Waals surface area contributed by atoms with Crippen LogP contribution in [0.3, 0.4) is 0 Å². The molecule has 9 heteroatoms. The smallest absolute Gasteiger partial charge is 0.246 e. The maximum Gasteiger partial charge on any atom is 0.246 e. The quantitative estimate of drug-likeness (QED) is 0.506. The van der Waals surface area contributed by atoms with Gasteiger partial charge < -0.3 is 25.4 Å². The third-order valence-corrected chi connectivity index (χ3v) is 7.49. The van der Waals surface area contributed by atoms with Crippen LogP contribution in [0.25, 0.3) is 0 Å². The van der Waals surface area contributed by atoms with E-state index < -0.39 is 35.6 Å². The molecule has 3 aliphatic rings. The molecule has 31 heavy (non-hydrogen) atoms. The number of carbonyl (C=O) groups excluding carboxylic acids is 3. The number of likely N-dealkylation sites (tertiary alicyclic amines) is 1. The Morgan fingerprint density at radius 1 is 1.29 bits per heavy atom. The molecule has 3 amide bonds. The fourth-order valence-corrected chi connectivity index (χ4v) is 6.50. The average Bonchev–Trinajstić information content (AvgIpc) is 3.32. The number of aliphatic hydroxyl groups excluding tert-OH is 1. The molecule has 3 saturated heterocycles. The van der Waals surface area contributed by atoms with Gasteiger partial charge in [0.1, 0.15) is 11.6 Å². The lowest BCUT2D eigenvalue weighted by Gasteiger charge is -2.37. The molecule has 1 aromatic rings. The highest BCUT2D eigenvalue weighted by atomic mass is 79.9. The van der Waals surface area contributed by atoms with Crippen molar-refractivity contribution in [2.24, 2.45) is 11.8 Å². The number of rotatable bonds is 6. The van der Waals surface area contributed by atoms with Crippen molar-refractivity contribution in [1.29, 1.82) is 0 Å². The molecular formula is C22H28BrN3O5. The third kappa shape index (κ3) is 3.29. The van der Waals surface area contributed by atoms with E-state index in [0.29, 0.717) is 6.42 Å². The number of nitrogens with one attached hydrogen (secondary N) is 2. The van der Waals surface area contributed by atoms with E-state index in [4.69, 9.17) is 4.74 Å². The molecule has 0 radical (unpaired) electrons. The molecule has 7 atom stereocenters. The van der Waals surface area contributed by atoms with Crippen LogP contribution in [-0.2, 0) is 19.1 Å². The Morgan fingerprint density at radius 3 is 2.55 bits per heavy atom. The van der Waals surface area contributed by atoms with Gasteiger partial charge in [-0.2, -0.15) is 0 Å². The van der Waals surface area contributed by atoms with Gasteiger partial charge in [0.25, 0.3) is 0 Å². The molecule has 3 N–H and O–H groups in total. The van der Waals surface area contributed by atoms with E-state index in [-0.39, 0.29) is 35.2 Å². The van der Waals surface area contributed by atoms with Crippen LogP contribution in [0.4, 0.5) is 0 Å². The highest BCUT2D eigenvalue weighted by Crippen LogP contribution is 2.61. The van der Waals surface area contributed by atoms with E-state index >= 15 is 0 Å². The van der Waals surface area contributed by atoms with Crippen molar-refractivity contribution in [1.82, 2.24) is 15.5 Å². The fourth-order valence-electron chi connectivity index (χ4n) is 5.56. The number of nitrogens with zero attached hydrogens (tertiary/aromatic N) is 1. The molecule has 1 aromatic carbocycles. The molecule has 3 fully saturated rings. The summed E-state index contributed by atoms with van der Waals surface area (Å²) in [7, 11) is 1.53. The summed E-state index contributed by atoms with van der Waals surface area (Å²) in [4.78, 5) is 41.4. The lowest BCUT2D eigenvalue weighted by molar-refractivity contribution is -0.146. The number of alkyl halides is 1. The number of halogens is 1. The Kier molecular flexibility index (Phi) is 5.87. The zero-order valence-corrected chi connectivity index (χ0v) is 19.3. The molecule has 168 valence electrons. The number of amides is 3. The fraction of sp³-hybridized carbons (Fsp3) is 0.591. The van der Waals surface area contributed by atoms with Gasteiger partial charge in [-0.15, -0.1) is 0 Å². The predicted octanol–water partition coefficient (Wildman–Crippen LogP) is 0.739. The Labute approximate surface area is 189 Å². The van der Waals surface area contributed by atoms with Gasteiger partial charge in [0.15, 0.2) is 0 Å². The first-order valence-electron chi connectivity index (χ1n) is 10.6. The molecule has 8 nitrogen and oxygen atoms in total. The van der Waals surface area contributed by atoms with Crippen LogP contribution in [0.1, 0.15) is 31.9 Å². The number of hydrogen-bond acceptors (Lipinski definition) is 5. The van der Waals surface area contributed by atoms with Gasteiger partial charge in [0, 0.05) is 17.9 Å². The van der Waals surface area contributed by atoms with Crippen LogP contribution >= 0.6 is 15.9 Å². The summed E-state index contributed by atoms with van der Waals surface area (Å²) in [5.41, 5.74) is -0.410. The maximum atomic E-state index is 13.8. The van der Waals surface area contributed by atoms with Crippen LogP contribution in [0.15, 0.2) is 30.3 Å². The topological polar surface area (TPSA) is 108 Å². The highest BCUT2D eigenvalue weighted by Gasteiger charge is 2.77. The molecule has 3 aliphatic heterocycles. The Balaban J connectivity index is 1.84. The third-order valence-electron chi connectivity index (χ3n) is 6.65. The standard InChI is InChI=1S/C22H28BrN3O5/c1-11(2)25-20(29)18-22-9-13(23)17(31-22)15(19(28)24-3)16(22)21(30)26(18)14(10-27)12-7-5-4-6-8-12/h4-8,11,13-18,27H,9-10H2,1-3H3,(H,24,28)(H,25,29)/t13?,14-,15-,16+,17-,18?,22?/m1/s1. The predicted molar refractivity (Wildman–Crippen MR) is 116 cm³/mol. The van der Waals surface area contributed by atoms with Gasteiger partial charge in [-0.1, -0.05) is 46.3 Å². The molecule has 4 rings (SSSR count). The van der Waals surface area contributed by atoms with Crippen molar-refractivity contribution in [3.8, 4) is 0 Å². The van der Waals surface area contributed by atoms with Gasteiger partial charge in [-0.3, -0.25) is 14.4 Å². The van der Waals surface area contributed by atoms with Crippen LogP contribution in [-0.4, -0.2) is 70.0 Å². The summed E-state index contributed by atoms with van der Waals surface area (Å²) in [6.07, 6.45) is -0.0593. The van der Waals surface area contributed by atoms with Crippen LogP contribution < -0.4 is 10.6 Å². The largest absolute Gasteiger partial charge is 0.394 e. The SMILES string of the molecule is CNC(=O)[C@H]1[C@@H]2OC3(CC2Br)C(C(=O)NC(C)C)N([C@H](CO)c2ccccc2)C(=O)[C@H]13. The van der Waals surface area contributed by atoms with Gasteiger partial charge in [0.05, 0.1) is 30.6 Å². The molecular weight excluding hydrogens is 466 g/mol. The number of hydrogen-bond donors (Lipinski definition) is 3. The van der Waals surface area contributed by atoms with Crippen molar-refractivity contribution in [2.75, 3.05) is 13.7 Å². The van der Waals surface area contributed by atoms with Crippen molar-refractivity contribution < 1.29 is 24.2 Å². The molecule has 2 bridgehead atoms. The van der Waals surface area contributed by atoms with Gasteiger partial charge in [0.2, 0.25) is 17.7 Å². The minimum absolute atomic E-state index is 0.141. The molecule has 3 unspecified atom stereocenters. The van der Waals surface area contributed by atoms with E-state index in [1.54, 1.807) is 0 Å². The minimum atomic E-state index is -1.13. The summed E-state index contributed by atoms with van der Waals surface area (Å²) >= 11 is 3.62. The molecule has 0 aromatic heterocycles. The average molecular weight is 494 g/mol. The molecule has 3 heterocycles. The summed E-state index contributed by atoms with van der Waals surface area (Å²) in [6, 6.07) is 7.32. The summed E-state index contributed by atoms with van der Waals surface area (Å²) in [5.74, 6) is -2.43. The molecule has 0 saturated carbocycles. The Morgan fingerprint density at radius 2 is 1.97 bits per heavy atom. The van der Waals surface area contributed by atoms with Gasteiger partial charge in [-0.05, 0) is 25.8 Å². The van der Waals surface area contributed by atoms with Crippen molar-refractivity contribution in [2.45, 2.75) is 54.9 Å². The normalized spacial score (nSPS) is 34.7.